The summed E-state index contributed by atoms with van der Waals surface area (Å²) < 4.78 is 0. The molecule has 0 N–H and O–H groups in total. The largest absolute Gasteiger partial charge is 0.264 e. The Morgan fingerprint density at radius 1 is 1.40 bits per heavy atom. The minimum atomic E-state index is 0.556. The predicted molar refractivity (Wildman–Crippen MR) is 43.2 cm³/mol. The Kier molecular flexibility index (Phi) is 2.69. The highest BCUT2D eigenvalue weighted by Crippen LogP contribution is 2.05. The number of alkyl halides is 1. The molecule has 0 amide bonds. The van der Waals surface area contributed by atoms with Crippen molar-refractivity contribution in [2.45, 2.75) is 19.2 Å². The highest BCUT2D eigenvalue weighted by Gasteiger charge is 1.91. The minimum absolute atomic E-state index is 0.556. The second kappa shape index (κ2) is 3.57. The average molecular weight is 156 g/mol. The zero-order valence-electron chi connectivity index (χ0n) is 5.97. The maximum atomic E-state index is 5.62. The van der Waals surface area contributed by atoms with Gasteiger partial charge in [-0.3, -0.25) is 4.98 Å². The maximum Gasteiger partial charge on any atom is 0.0489 e. The number of rotatable bonds is 2. The smallest absolute Gasteiger partial charge is 0.0489 e. The summed E-state index contributed by atoms with van der Waals surface area (Å²) in [5.74, 6) is 0.556. The van der Waals surface area contributed by atoms with E-state index in [1.807, 2.05) is 6.20 Å². The summed E-state index contributed by atoms with van der Waals surface area (Å²) in [6.07, 6.45) is 4.69. The van der Waals surface area contributed by atoms with E-state index in [1.165, 1.54) is 5.56 Å². The minimum Gasteiger partial charge on any atom is -0.264 e. The van der Waals surface area contributed by atoms with Crippen LogP contribution < -0.4 is 0 Å². The molecule has 0 spiro atoms. The van der Waals surface area contributed by atoms with E-state index < -0.39 is 0 Å². The van der Waals surface area contributed by atoms with Gasteiger partial charge >= 0.3 is 0 Å². The van der Waals surface area contributed by atoms with Gasteiger partial charge < -0.3 is 0 Å². The summed E-state index contributed by atoms with van der Waals surface area (Å²) in [4.78, 5) is 4.04. The zero-order chi connectivity index (χ0) is 7.40. The molecule has 0 unspecified atom stereocenters. The molecule has 54 valence electrons. The van der Waals surface area contributed by atoms with Gasteiger partial charge in [0.05, 0.1) is 0 Å². The van der Waals surface area contributed by atoms with Gasteiger partial charge in [-0.15, -0.1) is 11.6 Å². The van der Waals surface area contributed by atoms with Crippen LogP contribution in [0.5, 0.6) is 0 Å². The molecule has 1 rings (SSSR count). The number of pyridine rings is 1. The van der Waals surface area contributed by atoms with E-state index in [1.54, 1.807) is 6.20 Å². The fraction of sp³-hybridized carbons (Fsp3) is 0.375. The van der Waals surface area contributed by atoms with Gasteiger partial charge in [-0.1, -0.05) is 13.0 Å². The summed E-state index contributed by atoms with van der Waals surface area (Å²) in [5.41, 5.74) is 2.35. The van der Waals surface area contributed by atoms with E-state index in [2.05, 4.69) is 18.0 Å². The lowest BCUT2D eigenvalue weighted by atomic mass is 10.2. The molecule has 1 aromatic rings. The molecule has 0 atom stereocenters. The summed E-state index contributed by atoms with van der Waals surface area (Å²) in [5, 5.41) is 0. The van der Waals surface area contributed by atoms with Crippen molar-refractivity contribution in [3.8, 4) is 0 Å². The van der Waals surface area contributed by atoms with E-state index in [4.69, 9.17) is 11.6 Å². The van der Waals surface area contributed by atoms with Crippen LogP contribution in [-0.2, 0) is 12.3 Å². The van der Waals surface area contributed by atoms with Gasteiger partial charge in [0.2, 0.25) is 0 Å². The fourth-order valence-electron chi connectivity index (χ4n) is 0.808. The Balaban J connectivity index is 2.87. The van der Waals surface area contributed by atoms with Crippen LogP contribution in [0.4, 0.5) is 0 Å². The van der Waals surface area contributed by atoms with Crippen LogP contribution >= 0.6 is 11.6 Å². The summed E-state index contributed by atoms with van der Waals surface area (Å²) in [7, 11) is 0. The third-order valence-electron chi connectivity index (χ3n) is 1.41. The van der Waals surface area contributed by atoms with Crippen molar-refractivity contribution in [1.29, 1.82) is 0 Å². The predicted octanol–water partition coefficient (Wildman–Crippen LogP) is 2.38. The highest BCUT2D eigenvalue weighted by atomic mass is 35.5. The van der Waals surface area contributed by atoms with E-state index in [0.29, 0.717) is 5.88 Å². The Bertz CT molecular complexity index is 191. The van der Waals surface area contributed by atoms with Crippen molar-refractivity contribution in [3.63, 3.8) is 0 Å². The molecule has 1 nitrogen and oxygen atoms in total. The first-order valence-electron chi connectivity index (χ1n) is 3.35. The highest BCUT2D eigenvalue weighted by molar-refractivity contribution is 6.17. The number of aromatic nitrogens is 1. The summed E-state index contributed by atoms with van der Waals surface area (Å²) in [6.45, 7) is 2.11. The second-order valence-corrected chi connectivity index (χ2v) is 2.46. The summed E-state index contributed by atoms with van der Waals surface area (Å²) in [6, 6.07) is 2.08. The standard InChI is InChI=1S/C8H10ClN/c1-2-7-3-8(4-9)6-10-5-7/h3,5-6H,2,4H2,1H3. The first-order chi connectivity index (χ1) is 4.86. The number of nitrogens with zero attached hydrogens (tertiary/aromatic N) is 1. The maximum absolute atomic E-state index is 5.62. The second-order valence-electron chi connectivity index (χ2n) is 2.19. The van der Waals surface area contributed by atoms with Gasteiger partial charge in [-0.2, -0.15) is 0 Å². The molecule has 0 aliphatic heterocycles. The Morgan fingerprint density at radius 3 is 2.70 bits per heavy atom. The molecule has 0 saturated heterocycles. The number of halogens is 1. The SMILES string of the molecule is CCc1cncc(CCl)c1. The van der Waals surface area contributed by atoms with Crippen LogP contribution in [0.25, 0.3) is 0 Å². The normalized spacial score (nSPS) is 9.80. The Labute approximate surface area is 66.0 Å². The number of aryl methyl sites for hydroxylation is 1. The zero-order valence-corrected chi connectivity index (χ0v) is 6.73. The lowest BCUT2D eigenvalue weighted by Crippen LogP contribution is -1.85. The molecule has 1 heterocycles. The van der Waals surface area contributed by atoms with Crippen molar-refractivity contribution in [1.82, 2.24) is 4.98 Å². The molecule has 10 heavy (non-hydrogen) atoms. The molecule has 0 fully saturated rings. The van der Waals surface area contributed by atoms with E-state index in [9.17, 15) is 0 Å². The average Bonchev–Trinajstić information content (AvgIpc) is 2.05. The monoisotopic (exact) mass is 155 g/mol. The molecular weight excluding hydrogens is 146 g/mol. The molecule has 0 radical (unpaired) electrons. The number of hydrogen-bond acceptors (Lipinski definition) is 1. The van der Waals surface area contributed by atoms with Crippen LogP contribution in [-0.4, -0.2) is 4.98 Å². The van der Waals surface area contributed by atoms with Crippen LogP contribution in [0.2, 0.25) is 0 Å². The van der Waals surface area contributed by atoms with Gasteiger partial charge in [0.15, 0.2) is 0 Å². The Hall–Kier alpha value is -0.560. The van der Waals surface area contributed by atoms with Crippen LogP contribution in [0.15, 0.2) is 18.5 Å². The molecule has 0 aliphatic rings. The van der Waals surface area contributed by atoms with Crippen LogP contribution in [0, 0.1) is 0 Å². The van der Waals surface area contributed by atoms with Gasteiger partial charge in [0.25, 0.3) is 0 Å². The fourth-order valence-corrected chi connectivity index (χ4v) is 0.954. The lowest BCUT2D eigenvalue weighted by molar-refractivity contribution is 1.08. The molecular formula is C8H10ClN. The van der Waals surface area contributed by atoms with Crippen LogP contribution in [0.3, 0.4) is 0 Å². The van der Waals surface area contributed by atoms with Crippen molar-refractivity contribution in [2.75, 3.05) is 0 Å². The van der Waals surface area contributed by atoms with Crippen molar-refractivity contribution in [3.05, 3.63) is 29.6 Å². The molecule has 1 aromatic heterocycles. The lowest BCUT2D eigenvalue weighted by Gasteiger charge is -1.96. The molecule has 2 heteroatoms. The molecule has 0 bridgehead atoms. The third kappa shape index (κ3) is 1.71. The number of hydrogen-bond donors (Lipinski definition) is 0. The van der Waals surface area contributed by atoms with Crippen LogP contribution in [0.1, 0.15) is 18.1 Å². The van der Waals surface area contributed by atoms with E-state index >= 15 is 0 Å². The van der Waals surface area contributed by atoms with E-state index in [0.717, 1.165) is 12.0 Å². The van der Waals surface area contributed by atoms with Gasteiger partial charge in [-0.05, 0) is 17.5 Å². The molecule has 0 saturated carbocycles. The first kappa shape index (κ1) is 7.55. The third-order valence-corrected chi connectivity index (χ3v) is 1.72. The van der Waals surface area contributed by atoms with Gasteiger partial charge in [-0.25, -0.2) is 0 Å². The van der Waals surface area contributed by atoms with Gasteiger partial charge in [0.1, 0.15) is 0 Å². The van der Waals surface area contributed by atoms with Crippen molar-refractivity contribution < 1.29 is 0 Å². The first-order valence-corrected chi connectivity index (χ1v) is 3.89. The Morgan fingerprint density at radius 2 is 2.10 bits per heavy atom. The molecule has 0 aromatic carbocycles. The van der Waals surface area contributed by atoms with Crippen molar-refractivity contribution in [2.24, 2.45) is 0 Å². The topological polar surface area (TPSA) is 12.9 Å². The summed E-state index contributed by atoms with van der Waals surface area (Å²) >= 11 is 5.62. The van der Waals surface area contributed by atoms with Crippen molar-refractivity contribution >= 4 is 11.6 Å². The molecule has 0 aliphatic carbocycles. The van der Waals surface area contributed by atoms with E-state index in [-0.39, 0.29) is 0 Å². The van der Waals surface area contributed by atoms with Gasteiger partial charge in [0, 0.05) is 18.3 Å². The quantitative estimate of drug-likeness (QED) is 0.598.